The summed E-state index contributed by atoms with van der Waals surface area (Å²) in [6, 6.07) is 8.10. The average molecular weight is 378 g/mol. The van der Waals surface area contributed by atoms with Crippen molar-refractivity contribution in [2.75, 3.05) is 33.3 Å². The van der Waals surface area contributed by atoms with Crippen molar-refractivity contribution in [1.29, 1.82) is 0 Å². The first kappa shape index (κ1) is 18.4. The molecule has 118 valence electrons. The van der Waals surface area contributed by atoms with E-state index >= 15 is 0 Å². The van der Waals surface area contributed by atoms with Gasteiger partial charge in [-0.15, -0.1) is 12.4 Å². The van der Waals surface area contributed by atoms with Crippen molar-refractivity contribution in [3.05, 3.63) is 34.3 Å². The van der Waals surface area contributed by atoms with Gasteiger partial charge < -0.3 is 15.0 Å². The molecule has 1 aromatic rings. The second-order valence-corrected chi connectivity index (χ2v) is 5.87. The summed E-state index contributed by atoms with van der Waals surface area (Å²) in [7, 11) is 1.91. The fraction of sp³-hybridized carbons (Fsp3) is 0.533. The zero-order valence-corrected chi connectivity index (χ0v) is 14.6. The van der Waals surface area contributed by atoms with Crippen LogP contribution in [0.25, 0.3) is 0 Å². The summed E-state index contributed by atoms with van der Waals surface area (Å²) in [5.41, 5.74) is 1.13. The number of halogens is 2. The SMILES string of the molecule is CNCCCC(=O)N1CCOC(c2ccc(Br)cc2)C1.Cl. The molecule has 1 fully saturated rings. The first-order valence-corrected chi connectivity index (χ1v) is 7.79. The fourth-order valence-electron chi connectivity index (χ4n) is 2.33. The number of carbonyl (C=O) groups is 1. The Labute approximate surface area is 140 Å². The Balaban J connectivity index is 0.00000220. The number of hydrogen-bond acceptors (Lipinski definition) is 3. The third kappa shape index (κ3) is 5.58. The summed E-state index contributed by atoms with van der Waals surface area (Å²) in [5.74, 6) is 0.227. The van der Waals surface area contributed by atoms with E-state index in [4.69, 9.17) is 4.74 Å². The van der Waals surface area contributed by atoms with E-state index in [2.05, 4.69) is 21.2 Å². The molecule has 1 aromatic carbocycles. The highest BCUT2D eigenvalue weighted by Gasteiger charge is 2.24. The molecule has 2 rings (SSSR count). The molecule has 1 aliphatic rings. The lowest BCUT2D eigenvalue weighted by Gasteiger charge is -2.33. The van der Waals surface area contributed by atoms with Crippen LogP contribution in [-0.4, -0.2) is 44.1 Å². The van der Waals surface area contributed by atoms with Crippen LogP contribution in [0.15, 0.2) is 28.7 Å². The zero-order valence-electron chi connectivity index (χ0n) is 12.2. The maximum absolute atomic E-state index is 12.1. The van der Waals surface area contributed by atoms with E-state index in [1.54, 1.807) is 0 Å². The summed E-state index contributed by atoms with van der Waals surface area (Å²) in [4.78, 5) is 14.1. The molecule has 1 atom stereocenters. The molecule has 6 heteroatoms. The van der Waals surface area contributed by atoms with Gasteiger partial charge in [0.25, 0.3) is 0 Å². The standard InChI is InChI=1S/C15H21BrN2O2.ClH/c1-17-8-2-3-15(19)18-9-10-20-14(11-18)12-4-6-13(16)7-5-12;/h4-7,14,17H,2-3,8-11H2,1H3;1H. The van der Waals surface area contributed by atoms with E-state index in [1.807, 2.05) is 36.2 Å². The van der Waals surface area contributed by atoms with Crippen molar-refractivity contribution in [2.24, 2.45) is 0 Å². The molecule has 0 radical (unpaired) electrons. The number of ether oxygens (including phenoxy) is 1. The summed E-state index contributed by atoms with van der Waals surface area (Å²) in [6.07, 6.45) is 1.48. The molecule has 0 aromatic heterocycles. The lowest BCUT2D eigenvalue weighted by atomic mass is 10.1. The highest BCUT2D eigenvalue weighted by atomic mass is 79.9. The fourth-order valence-corrected chi connectivity index (χ4v) is 2.59. The van der Waals surface area contributed by atoms with Gasteiger partial charge in [0.15, 0.2) is 0 Å². The van der Waals surface area contributed by atoms with Gasteiger partial charge in [0.2, 0.25) is 5.91 Å². The predicted molar refractivity (Wildman–Crippen MR) is 89.8 cm³/mol. The Hall–Kier alpha value is -0.620. The summed E-state index contributed by atoms with van der Waals surface area (Å²) in [6.45, 7) is 2.84. The highest BCUT2D eigenvalue weighted by molar-refractivity contribution is 9.10. The van der Waals surface area contributed by atoms with Crippen LogP contribution in [0.4, 0.5) is 0 Å². The Bertz CT molecular complexity index is 442. The van der Waals surface area contributed by atoms with Crippen molar-refractivity contribution >= 4 is 34.2 Å². The molecule has 1 amide bonds. The molecule has 0 spiro atoms. The van der Waals surface area contributed by atoms with E-state index in [9.17, 15) is 4.79 Å². The van der Waals surface area contributed by atoms with Crippen molar-refractivity contribution < 1.29 is 9.53 Å². The molecule has 4 nitrogen and oxygen atoms in total. The molecule has 0 bridgehead atoms. The van der Waals surface area contributed by atoms with Crippen molar-refractivity contribution in [2.45, 2.75) is 18.9 Å². The summed E-state index contributed by atoms with van der Waals surface area (Å²) >= 11 is 3.43. The minimum absolute atomic E-state index is 0. The van der Waals surface area contributed by atoms with E-state index in [0.717, 1.165) is 23.0 Å². The van der Waals surface area contributed by atoms with Gasteiger partial charge in [-0.1, -0.05) is 28.1 Å². The van der Waals surface area contributed by atoms with Crippen LogP contribution in [0.3, 0.4) is 0 Å². The quantitative estimate of drug-likeness (QED) is 0.802. The first-order chi connectivity index (χ1) is 9.70. The molecule has 1 N–H and O–H groups in total. The first-order valence-electron chi connectivity index (χ1n) is 7.00. The van der Waals surface area contributed by atoms with Crippen LogP contribution >= 0.6 is 28.3 Å². The largest absolute Gasteiger partial charge is 0.370 e. The van der Waals surface area contributed by atoms with E-state index in [0.29, 0.717) is 26.1 Å². The predicted octanol–water partition coefficient (Wildman–Crippen LogP) is 2.77. The van der Waals surface area contributed by atoms with Gasteiger partial charge in [-0.25, -0.2) is 0 Å². The second kappa shape index (κ2) is 9.41. The van der Waals surface area contributed by atoms with Gasteiger partial charge in [-0.3, -0.25) is 4.79 Å². The Morgan fingerprint density at radius 2 is 2.14 bits per heavy atom. The number of nitrogens with one attached hydrogen (secondary N) is 1. The number of benzene rings is 1. The lowest BCUT2D eigenvalue weighted by Crippen LogP contribution is -2.42. The third-order valence-corrected chi connectivity index (χ3v) is 4.01. The van der Waals surface area contributed by atoms with Gasteiger partial charge >= 0.3 is 0 Å². The average Bonchev–Trinajstić information content (AvgIpc) is 2.48. The number of carbonyl (C=O) groups excluding carboxylic acids is 1. The smallest absolute Gasteiger partial charge is 0.222 e. The Morgan fingerprint density at radius 1 is 1.43 bits per heavy atom. The van der Waals surface area contributed by atoms with Gasteiger partial charge in [0, 0.05) is 17.4 Å². The molecular weight excluding hydrogens is 356 g/mol. The maximum Gasteiger partial charge on any atom is 0.222 e. The van der Waals surface area contributed by atoms with E-state index < -0.39 is 0 Å². The molecule has 0 saturated carbocycles. The van der Waals surface area contributed by atoms with Crippen LogP contribution < -0.4 is 5.32 Å². The molecule has 1 saturated heterocycles. The minimum Gasteiger partial charge on any atom is -0.370 e. The Kier molecular flexibility index (Phi) is 8.26. The van der Waals surface area contributed by atoms with Gasteiger partial charge in [-0.05, 0) is 37.7 Å². The summed E-state index contributed by atoms with van der Waals surface area (Å²) < 4.78 is 6.84. The molecule has 1 unspecified atom stereocenters. The number of nitrogens with zero attached hydrogens (tertiary/aromatic N) is 1. The molecule has 1 heterocycles. The van der Waals surface area contributed by atoms with Gasteiger partial charge in [0.05, 0.1) is 13.2 Å². The van der Waals surface area contributed by atoms with E-state index in [1.165, 1.54) is 0 Å². The monoisotopic (exact) mass is 376 g/mol. The van der Waals surface area contributed by atoms with Crippen molar-refractivity contribution in [1.82, 2.24) is 10.2 Å². The van der Waals surface area contributed by atoms with Crippen molar-refractivity contribution in [3.8, 4) is 0 Å². The zero-order chi connectivity index (χ0) is 14.4. The van der Waals surface area contributed by atoms with E-state index in [-0.39, 0.29) is 24.4 Å². The van der Waals surface area contributed by atoms with Crippen LogP contribution in [0.2, 0.25) is 0 Å². The molecule has 0 aliphatic carbocycles. The lowest BCUT2D eigenvalue weighted by molar-refractivity contribution is -0.139. The van der Waals surface area contributed by atoms with Crippen LogP contribution in [0.5, 0.6) is 0 Å². The van der Waals surface area contributed by atoms with Gasteiger partial charge in [-0.2, -0.15) is 0 Å². The maximum atomic E-state index is 12.1. The molecular formula is C15H22BrClN2O2. The topological polar surface area (TPSA) is 41.6 Å². The molecule has 1 aliphatic heterocycles. The minimum atomic E-state index is -0.00917. The number of rotatable bonds is 5. The molecule has 21 heavy (non-hydrogen) atoms. The highest BCUT2D eigenvalue weighted by Crippen LogP contribution is 2.24. The van der Waals surface area contributed by atoms with Gasteiger partial charge in [0.1, 0.15) is 6.10 Å². The number of amides is 1. The Morgan fingerprint density at radius 3 is 2.81 bits per heavy atom. The normalized spacial score (nSPS) is 18.2. The summed E-state index contributed by atoms with van der Waals surface area (Å²) in [5, 5.41) is 3.07. The van der Waals surface area contributed by atoms with Crippen LogP contribution in [0, 0.1) is 0 Å². The second-order valence-electron chi connectivity index (χ2n) is 4.96. The number of morpholine rings is 1. The van der Waals surface area contributed by atoms with Crippen LogP contribution in [0.1, 0.15) is 24.5 Å². The third-order valence-electron chi connectivity index (χ3n) is 3.48. The van der Waals surface area contributed by atoms with Crippen LogP contribution in [-0.2, 0) is 9.53 Å². The van der Waals surface area contributed by atoms with Crippen molar-refractivity contribution in [3.63, 3.8) is 0 Å². The number of hydrogen-bond donors (Lipinski definition) is 1.